The summed E-state index contributed by atoms with van der Waals surface area (Å²) in [5, 5.41) is 2.03. The molecule has 26 heavy (non-hydrogen) atoms. The number of rotatable bonds is 2. The first-order chi connectivity index (χ1) is 12.7. The molecule has 0 atom stereocenters. The first-order valence-electron chi connectivity index (χ1n) is 8.81. The van der Waals surface area contributed by atoms with Gasteiger partial charge in [0.15, 0.2) is 0 Å². The van der Waals surface area contributed by atoms with Crippen molar-refractivity contribution in [1.82, 2.24) is 0 Å². The molecule has 130 valence electrons. The standard InChI is InChI=1S/C22H18O4/c1-12-10-18-20(15-4-3-5-16(15)22(23)26-18)21-19(12)17(11-25-21)13-6-8-14(24-2)9-7-13/h6-11H,3-5H2,1-2H3. The van der Waals surface area contributed by atoms with Gasteiger partial charge in [0.1, 0.15) is 16.9 Å². The van der Waals surface area contributed by atoms with Gasteiger partial charge in [0.25, 0.3) is 0 Å². The van der Waals surface area contributed by atoms with E-state index in [0.717, 1.165) is 69.2 Å². The first kappa shape index (κ1) is 15.3. The average Bonchev–Trinajstić information content (AvgIpc) is 3.30. The summed E-state index contributed by atoms with van der Waals surface area (Å²) in [7, 11) is 1.66. The summed E-state index contributed by atoms with van der Waals surface area (Å²) in [6, 6.07) is 9.91. The van der Waals surface area contributed by atoms with Gasteiger partial charge >= 0.3 is 5.63 Å². The first-order valence-corrected chi connectivity index (χ1v) is 8.81. The molecule has 2 aromatic carbocycles. The molecule has 0 bridgehead atoms. The second-order valence-electron chi connectivity index (χ2n) is 6.85. The van der Waals surface area contributed by atoms with Crippen molar-refractivity contribution in [3.05, 3.63) is 63.7 Å². The molecule has 0 saturated heterocycles. The molecular weight excluding hydrogens is 328 g/mol. The number of methoxy groups -OCH3 is 1. The van der Waals surface area contributed by atoms with E-state index in [0.29, 0.717) is 5.58 Å². The van der Waals surface area contributed by atoms with E-state index in [4.69, 9.17) is 13.6 Å². The summed E-state index contributed by atoms with van der Waals surface area (Å²) in [6.45, 7) is 2.03. The number of ether oxygens (including phenoxy) is 1. The van der Waals surface area contributed by atoms with Crippen molar-refractivity contribution < 1.29 is 13.6 Å². The Labute approximate surface area is 150 Å². The minimum absolute atomic E-state index is 0.203. The molecule has 5 rings (SSSR count). The zero-order valence-electron chi connectivity index (χ0n) is 14.7. The van der Waals surface area contributed by atoms with Crippen molar-refractivity contribution in [3.63, 3.8) is 0 Å². The molecule has 0 spiro atoms. The van der Waals surface area contributed by atoms with Crippen LogP contribution in [0, 0.1) is 6.92 Å². The van der Waals surface area contributed by atoms with Crippen LogP contribution in [0.15, 0.2) is 50.2 Å². The third kappa shape index (κ3) is 2.05. The summed E-state index contributed by atoms with van der Waals surface area (Å²) in [5.74, 6) is 0.823. The molecule has 0 fully saturated rings. The highest BCUT2D eigenvalue weighted by atomic mass is 16.5. The van der Waals surface area contributed by atoms with E-state index < -0.39 is 0 Å². The lowest BCUT2D eigenvalue weighted by atomic mass is 9.97. The van der Waals surface area contributed by atoms with Crippen LogP contribution in [-0.2, 0) is 12.8 Å². The second kappa shape index (κ2) is 5.49. The van der Waals surface area contributed by atoms with Gasteiger partial charge in [0.05, 0.1) is 18.8 Å². The molecule has 0 saturated carbocycles. The van der Waals surface area contributed by atoms with E-state index in [-0.39, 0.29) is 5.63 Å². The SMILES string of the molecule is COc1ccc(-c2coc3c2c(C)cc2oc(=O)c4c(c23)CCC4)cc1. The van der Waals surface area contributed by atoms with E-state index in [1.54, 1.807) is 13.4 Å². The molecule has 0 amide bonds. The molecule has 0 N–H and O–H groups in total. The van der Waals surface area contributed by atoms with Gasteiger partial charge in [0.2, 0.25) is 0 Å². The molecule has 0 radical (unpaired) electrons. The van der Waals surface area contributed by atoms with Crippen LogP contribution in [0.2, 0.25) is 0 Å². The molecule has 4 heteroatoms. The molecule has 0 unspecified atom stereocenters. The Bertz CT molecular complexity index is 1210. The third-order valence-electron chi connectivity index (χ3n) is 5.38. The lowest BCUT2D eigenvalue weighted by Crippen LogP contribution is -2.07. The van der Waals surface area contributed by atoms with Crippen LogP contribution in [0.5, 0.6) is 5.75 Å². The highest BCUT2D eigenvalue weighted by Gasteiger charge is 2.24. The molecule has 4 nitrogen and oxygen atoms in total. The summed E-state index contributed by atoms with van der Waals surface area (Å²) in [4.78, 5) is 12.3. The Morgan fingerprint density at radius 3 is 2.58 bits per heavy atom. The maximum absolute atomic E-state index is 12.3. The number of benzene rings is 2. The van der Waals surface area contributed by atoms with Gasteiger partial charge < -0.3 is 13.6 Å². The second-order valence-corrected chi connectivity index (χ2v) is 6.85. The van der Waals surface area contributed by atoms with Gasteiger partial charge in [-0.2, -0.15) is 0 Å². The molecule has 1 aliphatic rings. The van der Waals surface area contributed by atoms with E-state index in [1.165, 1.54) is 0 Å². The predicted molar refractivity (Wildman–Crippen MR) is 101 cm³/mol. The molecular formula is C22H18O4. The van der Waals surface area contributed by atoms with Gasteiger partial charge in [-0.05, 0) is 61.1 Å². The van der Waals surface area contributed by atoms with Crippen LogP contribution in [0.1, 0.15) is 23.1 Å². The molecule has 0 aliphatic heterocycles. The Morgan fingerprint density at radius 1 is 1.04 bits per heavy atom. The van der Waals surface area contributed by atoms with E-state index in [2.05, 4.69) is 0 Å². The van der Waals surface area contributed by atoms with Crippen LogP contribution < -0.4 is 10.4 Å². The zero-order valence-corrected chi connectivity index (χ0v) is 14.7. The van der Waals surface area contributed by atoms with Crippen molar-refractivity contribution in [2.24, 2.45) is 0 Å². The summed E-state index contributed by atoms with van der Waals surface area (Å²) >= 11 is 0. The van der Waals surface area contributed by atoms with Crippen LogP contribution in [0.25, 0.3) is 33.1 Å². The Kier molecular flexibility index (Phi) is 3.23. The number of aryl methyl sites for hydroxylation is 2. The van der Waals surface area contributed by atoms with Gasteiger partial charge in [-0.3, -0.25) is 0 Å². The normalized spacial score (nSPS) is 13.5. The third-order valence-corrected chi connectivity index (χ3v) is 5.38. The Morgan fingerprint density at radius 2 is 1.81 bits per heavy atom. The van der Waals surface area contributed by atoms with Crippen LogP contribution >= 0.6 is 0 Å². The minimum atomic E-state index is -0.203. The van der Waals surface area contributed by atoms with Crippen molar-refractivity contribution >= 4 is 21.9 Å². The zero-order chi connectivity index (χ0) is 17.8. The fraction of sp³-hybridized carbons (Fsp3) is 0.227. The largest absolute Gasteiger partial charge is 0.497 e. The predicted octanol–water partition coefficient (Wildman–Crippen LogP) is 5.01. The lowest BCUT2D eigenvalue weighted by molar-refractivity contribution is 0.415. The van der Waals surface area contributed by atoms with Gasteiger partial charge in [-0.25, -0.2) is 4.79 Å². The highest BCUT2D eigenvalue weighted by Crippen LogP contribution is 2.40. The Hall–Kier alpha value is -3.01. The van der Waals surface area contributed by atoms with E-state index in [9.17, 15) is 4.79 Å². The summed E-state index contributed by atoms with van der Waals surface area (Å²) in [5.41, 5.74) is 6.28. The van der Waals surface area contributed by atoms with Crippen molar-refractivity contribution in [1.29, 1.82) is 0 Å². The van der Waals surface area contributed by atoms with Crippen LogP contribution in [-0.4, -0.2) is 7.11 Å². The van der Waals surface area contributed by atoms with Crippen molar-refractivity contribution in [2.75, 3.05) is 7.11 Å². The number of fused-ring (bicyclic) bond motifs is 5. The average molecular weight is 346 g/mol. The van der Waals surface area contributed by atoms with Crippen molar-refractivity contribution in [3.8, 4) is 16.9 Å². The fourth-order valence-electron chi connectivity index (χ4n) is 4.14. The smallest absolute Gasteiger partial charge is 0.339 e. The number of hydrogen-bond acceptors (Lipinski definition) is 4. The van der Waals surface area contributed by atoms with E-state index >= 15 is 0 Å². The quantitative estimate of drug-likeness (QED) is 0.479. The number of hydrogen-bond donors (Lipinski definition) is 0. The summed E-state index contributed by atoms with van der Waals surface area (Å²) in [6.07, 6.45) is 4.47. The number of furan rings is 1. The maximum Gasteiger partial charge on any atom is 0.339 e. The van der Waals surface area contributed by atoms with Crippen molar-refractivity contribution in [2.45, 2.75) is 26.2 Å². The van der Waals surface area contributed by atoms with Gasteiger partial charge in [-0.1, -0.05) is 12.1 Å². The molecule has 2 heterocycles. The van der Waals surface area contributed by atoms with Gasteiger partial charge in [-0.15, -0.1) is 0 Å². The summed E-state index contributed by atoms with van der Waals surface area (Å²) < 4.78 is 16.9. The highest BCUT2D eigenvalue weighted by molar-refractivity contribution is 6.11. The fourth-order valence-corrected chi connectivity index (χ4v) is 4.14. The van der Waals surface area contributed by atoms with Crippen LogP contribution in [0.3, 0.4) is 0 Å². The maximum atomic E-state index is 12.3. The molecule has 1 aliphatic carbocycles. The van der Waals surface area contributed by atoms with Crippen LogP contribution in [0.4, 0.5) is 0 Å². The van der Waals surface area contributed by atoms with Gasteiger partial charge in [0, 0.05) is 16.5 Å². The Balaban J connectivity index is 1.85. The topological polar surface area (TPSA) is 52.6 Å². The lowest BCUT2D eigenvalue weighted by Gasteiger charge is -2.08. The molecule has 2 aromatic heterocycles. The minimum Gasteiger partial charge on any atom is -0.497 e. The monoisotopic (exact) mass is 346 g/mol. The van der Waals surface area contributed by atoms with E-state index in [1.807, 2.05) is 37.3 Å². The molecule has 4 aromatic rings.